The van der Waals surface area contributed by atoms with Gasteiger partial charge in [-0.05, 0) is 19.0 Å². The fourth-order valence-electron chi connectivity index (χ4n) is 1.76. The van der Waals surface area contributed by atoms with Crippen LogP contribution in [0.15, 0.2) is 28.7 Å². The SMILES string of the molecule is CCCN(CC(=O)c1ccccc1Br)CC(F)(F)F. The van der Waals surface area contributed by atoms with Crippen LogP contribution in [0.5, 0.6) is 0 Å². The van der Waals surface area contributed by atoms with Gasteiger partial charge in [-0.2, -0.15) is 13.2 Å². The number of alkyl halides is 3. The van der Waals surface area contributed by atoms with Crippen LogP contribution in [-0.2, 0) is 0 Å². The zero-order chi connectivity index (χ0) is 14.5. The second-order valence-corrected chi connectivity index (χ2v) is 5.08. The molecule has 1 aromatic rings. The molecule has 0 aliphatic carbocycles. The molecule has 2 nitrogen and oxygen atoms in total. The minimum absolute atomic E-state index is 0.226. The summed E-state index contributed by atoms with van der Waals surface area (Å²) in [4.78, 5) is 13.1. The van der Waals surface area contributed by atoms with Crippen LogP contribution < -0.4 is 0 Å². The Balaban J connectivity index is 2.74. The lowest BCUT2D eigenvalue weighted by Gasteiger charge is -2.22. The molecule has 0 bridgehead atoms. The van der Waals surface area contributed by atoms with Crippen LogP contribution in [0.4, 0.5) is 13.2 Å². The van der Waals surface area contributed by atoms with Gasteiger partial charge >= 0.3 is 6.18 Å². The van der Waals surface area contributed by atoms with Crippen LogP contribution in [0.2, 0.25) is 0 Å². The molecular weight excluding hydrogens is 323 g/mol. The normalized spacial score (nSPS) is 11.9. The standard InChI is InChI=1S/C13H15BrF3NO/c1-2-7-18(9-13(15,16)17)8-12(19)10-5-3-4-6-11(10)14/h3-6H,2,7-9H2,1H3. The Labute approximate surface area is 118 Å². The number of benzene rings is 1. The van der Waals surface area contributed by atoms with E-state index in [9.17, 15) is 18.0 Å². The molecule has 6 heteroatoms. The highest BCUT2D eigenvalue weighted by Crippen LogP contribution is 2.19. The minimum atomic E-state index is -4.29. The van der Waals surface area contributed by atoms with Crippen molar-refractivity contribution in [3.63, 3.8) is 0 Å². The van der Waals surface area contributed by atoms with E-state index in [4.69, 9.17) is 0 Å². The van der Waals surface area contributed by atoms with Crippen molar-refractivity contribution in [2.75, 3.05) is 19.6 Å². The molecule has 0 fully saturated rings. The van der Waals surface area contributed by atoms with Crippen LogP contribution in [0, 0.1) is 0 Å². The van der Waals surface area contributed by atoms with Crippen molar-refractivity contribution in [2.24, 2.45) is 0 Å². The Kier molecular flexibility index (Phi) is 6.00. The van der Waals surface area contributed by atoms with Gasteiger partial charge in [0, 0.05) is 10.0 Å². The summed E-state index contributed by atoms with van der Waals surface area (Å²) in [5, 5.41) is 0. The Hall–Kier alpha value is -0.880. The molecule has 0 spiro atoms. The average Bonchev–Trinajstić information content (AvgIpc) is 2.27. The van der Waals surface area contributed by atoms with E-state index in [2.05, 4.69) is 15.9 Å². The number of halogens is 4. The van der Waals surface area contributed by atoms with E-state index in [0.29, 0.717) is 16.5 Å². The number of carbonyl (C=O) groups excluding carboxylic acids is 1. The van der Waals surface area contributed by atoms with Gasteiger partial charge in [-0.25, -0.2) is 0 Å². The summed E-state index contributed by atoms with van der Waals surface area (Å²) in [6.07, 6.45) is -3.72. The number of ketones is 1. The van der Waals surface area contributed by atoms with Gasteiger partial charge in [0.2, 0.25) is 0 Å². The third-order valence-electron chi connectivity index (χ3n) is 2.48. The lowest BCUT2D eigenvalue weighted by molar-refractivity contribution is -0.144. The van der Waals surface area contributed by atoms with E-state index in [0.717, 1.165) is 4.90 Å². The molecule has 0 aromatic heterocycles. The van der Waals surface area contributed by atoms with Crippen LogP contribution >= 0.6 is 15.9 Å². The third kappa shape index (κ3) is 5.74. The number of carbonyl (C=O) groups is 1. The Morgan fingerprint density at radius 2 is 1.95 bits per heavy atom. The molecule has 0 saturated heterocycles. The van der Waals surface area contributed by atoms with Crippen molar-refractivity contribution in [1.82, 2.24) is 4.90 Å². The van der Waals surface area contributed by atoms with E-state index in [1.165, 1.54) is 0 Å². The monoisotopic (exact) mass is 337 g/mol. The lowest BCUT2D eigenvalue weighted by atomic mass is 10.1. The van der Waals surface area contributed by atoms with Gasteiger partial charge < -0.3 is 0 Å². The summed E-state index contributed by atoms with van der Waals surface area (Å²) in [6.45, 7) is 0.745. The molecule has 0 saturated carbocycles. The molecule has 0 amide bonds. The topological polar surface area (TPSA) is 20.3 Å². The summed E-state index contributed by atoms with van der Waals surface area (Å²) in [5.41, 5.74) is 0.408. The van der Waals surface area contributed by atoms with Crippen molar-refractivity contribution in [3.8, 4) is 0 Å². The molecule has 0 atom stereocenters. The highest BCUT2D eigenvalue weighted by Gasteiger charge is 2.31. The molecule has 0 N–H and O–H groups in total. The van der Waals surface area contributed by atoms with E-state index < -0.39 is 12.7 Å². The predicted molar refractivity (Wildman–Crippen MR) is 71.3 cm³/mol. The highest BCUT2D eigenvalue weighted by atomic mass is 79.9. The van der Waals surface area contributed by atoms with Crippen molar-refractivity contribution >= 4 is 21.7 Å². The smallest absolute Gasteiger partial charge is 0.293 e. The molecule has 0 radical (unpaired) electrons. The van der Waals surface area contributed by atoms with E-state index in [1.54, 1.807) is 31.2 Å². The molecule has 0 unspecified atom stereocenters. The zero-order valence-corrected chi connectivity index (χ0v) is 12.1. The number of Topliss-reactive ketones (excluding diaryl/α,β-unsaturated/α-hetero) is 1. The predicted octanol–water partition coefficient (Wildman–Crippen LogP) is 3.91. The van der Waals surface area contributed by atoms with Crippen LogP contribution in [0.1, 0.15) is 23.7 Å². The second-order valence-electron chi connectivity index (χ2n) is 4.23. The molecule has 0 aliphatic heterocycles. The maximum absolute atomic E-state index is 12.4. The molecule has 0 aliphatic rings. The molecule has 19 heavy (non-hydrogen) atoms. The number of hydrogen-bond acceptors (Lipinski definition) is 2. The summed E-state index contributed by atoms with van der Waals surface area (Å²) in [5.74, 6) is -0.315. The summed E-state index contributed by atoms with van der Waals surface area (Å²) < 4.78 is 37.8. The fraction of sp³-hybridized carbons (Fsp3) is 0.462. The number of nitrogens with zero attached hydrogens (tertiary/aromatic N) is 1. The van der Waals surface area contributed by atoms with Crippen LogP contribution in [0.3, 0.4) is 0 Å². The van der Waals surface area contributed by atoms with Gasteiger partial charge in [-0.1, -0.05) is 41.1 Å². The molecule has 1 aromatic carbocycles. The summed E-state index contributed by atoms with van der Waals surface area (Å²) in [6, 6.07) is 6.73. The van der Waals surface area contributed by atoms with Gasteiger partial charge in [0.15, 0.2) is 5.78 Å². The van der Waals surface area contributed by atoms with Crippen LogP contribution in [0.25, 0.3) is 0 Å². The van der Waals surface area contributed by atoms with Crippen molar-refractivity contribution in [1.29, 1.82) is 0 Å². The van der Waals surface area contributed by atoms with Gasteiger partial charge in [0.1, 0.15) is 0 Å². The minimum Gasteiger partial charge on any atom is -0.293 e. The quantitative estimate of drug-likeness (QED) is 0.733. The van der Waals surface area contributed by atoms with Crippen molar-refractivity contribution in [2.45, 2.75) is 19.5 Å². The third-order valence-corrected chi connectivity index (χ3v) is 3.18. The van der Waals surface area contributed by atoms with Gasteiger partial charge in [-0.3, -0.25) is 9.69 Å². The first-order chi connectivity index (χ1) is 8.83. The Morgan fingerprint density at radius 1 is 1.32 bits per heavy atom. The largest absolute Gasteiger partial charge is 0.401 e. The summed E-state index contributed by atoms with van der Waals surface area (Å²) >= 11 is 3.23. The maximum atomic E-state index is 12.4. The van der Waals surface area contributed by atoms with Gasteiger partial charge in [-0.15, -0.1) is 0 Å². The number of rotatable bonds is 6. The van der Waals surface area contributed by atoms with E-state index >= 15 is 0 Å². The van der Waals surface area contributed by atoms with Gasteiger partial charge in [0.25, 0.3) is 0 Å². The van der Waals surface area contributed by atoms with Crippen LogP contribution in [-0.4, -0.2) is 36.5 Å². The van der Waals surface area contributed by atoms with E-state index in [1.807, 2.05) is 0 Å². The average molecular weight is 338 g/mol. The second kappa shape index (κ2) is 7.05. The molecule has 1 rings (SSSR count). The molecular formula is C13H15BrF3NO. The number of hydrogen-bond donors (Lipinski definition) is 0. The zero-order valence-electron chi connectivity index (χ0n) is 10.5. The Morgan fingerprint density at radius 3 is 2.47 bits per heavy atom. The van der Waals surface area contributed by atoms with Gasteiger partial charge in [0.05, 0.1) is 13.1 Å². The first kappa shape index (κ1) is 16.2. The van der Waals surface area contributed by atoms with Crippen molar-refractivity contribution in [3.05, 3.63) is 34.3 Å². The first-order valence-corrected chi connectivity index (χ1v) is 6.69. The van der Waals surface area contributed by atoms with Crippen molar-refractivity contribution < 1.29 is 18.0 Å². The fourth-order valence-corrected chi connectivity index (χ4v) is 2.27. The molecule has 0 heterocycles. The van der Waals surface area contributed by atoms with E-state index in [-0.39, 0.29) is 18.9 Å². The first-order valence-electron chi connectivity index (χ1n) is 5.90. The summed E-state index contributed by atoms with van der Waals surface area (Å²) in [7, 11) is 0. The maximum Gasteiger partial charge on any atom is 0.401 e. The Bertz CT molecular complexity index is 434. The molecule has 106 valence electrons. The highest BCUT2D eigenvalue weighted by molar-refractivity contribution is 9.10. The lowest BCUT2D eigenvalue weighted by Crippen LogP contribution is -2.38.